The number of piperazine rings is 1. The minimum Gasteiger partial charge on any atom is -0.496 e. The minimum absolute atomic E-state index is 0.385. The number of nitrogens with one attached hydrogen (secondary N) is 2. The van der Waals surface area contributed by atoms with Gasteiger partial charge in [0.2, 0.25) is 0 Å². The van der Waals surface area contributed by atoms with Gasteiger partial charge in [0.15, 0.2) is 5.82 Å². The van der Waals surface area contributed by atoms with Gasteiger partial charge in [-0.3, -0.25) is 0 Å². The number of carbonyl (C=O) groups excluding carboxylic acids is 1. The Hall–Kier alpha value is -3.63. The Balaban J connectivity index is 1.43. The molecule has 1 aromatic carbocycles. The SMILES string of the molecule is COC(=O)c1sccc1Nc1nc(Cc2ccc(N3CCN(C)CC3)cc2OC)nc2cc[nH]c12. The van der Waals surface area contributed by atoms with Gasteiger partial charge in [-0.25, -0.2) is 14.8 Å². The first-order chi connectivity index (χ1) is 17.1. The van der Waals surface area contributed by atoms with Crippen molar-refractivity contribution >= 4 is 45.5 Å². The number of aromatic amines is 1. The number of methoxy groups -OCH3 is 2. The molecule has 1 aliphatic rings. The maximum Gasteiger partial charge on any atom is 0.350 e. The van der Waals surface area contributed by atoms with E-state index in [2.05, 4.69) is 45.3 Å². The highest BCUT2D eigenvalue weighted by atomic mass is 32.1. The number of fused-ring (bicyclic) bond motifs is 1. The summed E-state index contributed by atoms with van der Waals surface area (Å²) < 4.78 is 10.7. The van der Waals surface area contributed by atoms with Crippen molar-refractivity contribution in [1.82, 2.24) is 19.9 Å². The fourth-order valence-corrected chi connectivity index (χ4v) is 5.03. The summed E-state index contributed by atoms with van der Waals surface area (Å²) in [5.74, 6) is 1.69. The van der Waals surface area contributed by atoms with E-state index in [9.17, 15) is 4.79 Å². The minimum atomic E-state index is -0.385. The van der Waals surface area contributed by atoms with E-state index in [1.54, 1.807) is 7.11 Å². The van der Waals surface area contributed by atoms with E-state index in [4.69, 9.17) is 19.4 Å². The van der Waals surface area contributed by atoms with Crippen LogP contribution in [0.15, 0.2) is 41.9 Å². The highest BCUT2D eigenvalue weighted by Gasteiger charge is 2.19. The first-order valence-corrected chi connectivity index (χ1v) is 12.3. The number of H-pyrrole nitrogens is 1. The quantitative estimate of drug-likeness (QED) is 0.375. The molecule has 35 heavy (non-hydrogen) atoms. The molecule has 0 atom stereocenters. The lowest BCUT2D eigenvalue weighted by Crippen LogP contribution is -2.44. The molecule has 0 saturated carbocycles. The van der Waals surface area contributed by atoms with E-state index >= 15 is 0 Å². The Kier molecular flexibility index (Phi) is 6.56. The van der Waals surface area contributed by atoms with Crippen LogP contribution in [-0.2, 0) is 11.2 Å². The van der Waals surface area contributed by atoms with Crippen LogP contribution < -0.4 is 15.0 Å². The Bertz CT molecular complexity index is 1340. The molecule has 0 spiro atoms. The van der Waals surface area contributed by atoms with Gasteiger partial charge in [0.05, 0.1) is 25.4 Å². The summed E-state index contributed by atoms with van der Waals surface area (Å²) in [6.45, 7) is 4.09. The van der Waals surface area contributed by atoms with Gasteiger partial charge in [0, 0.05) is 56.1 Å². The third-order valence-electron chi connectivity index (χ3n) is 6.23. The molecule has 10 heteroatoms. The topological polar surface area (TPSA) is 95.6 Å². The van der Waals surface area contributed by atoms with Crippen LogP contribution in [0.1, 0.15) is 21.1 Å². The van der Waals surface area contributed by atoms with Gasteiger partial charge in [0.1, 0.15) is 22.0 Å². The number of aromatic nitrogens is 3. The summed E-state index contributed by atoms with van der Waals surface area (Å²) in [6, 6.07) is 10.1. The zero-order chi connectivity index (χ0) is 24.4. The smallest absolute Gasteiger partial charge is 0.350 e. The lowest BCUT2D eigenvalue weighted by Gasteiger charge is -2.34. The molecule has 2 N–H and O–H groups in total. The number of hydrogen-bond donors (Lipinski definition) is 2. The van der Waals surface area contributed by atoms with Gasteiger partial charge in [-0.2, -0.15) is 0 Å². The number of thiophene rings is 1. The Morgan fingerprint density at radius 1 is 1.14 bits per heavy atom. The summed E-state index contributed by atoms with van der Waals surface area (Å²) in [4.78, 5) is 30.1. The standard InChI is InChI=1S/C25H28N6O3S/c1-30-9-11-31(12-10-30)17-5-4-16(20(15-17)33-2)14-21-27-18-6-8-26-22(18)24(29-21)28-19-7-13-35-23(19)25(32)34-3/h4-8,13,15,26H,9-12,14H2,1-3H3,(H,27,28,29). The fraction of sp³-hybridized carbons (Fsp3) is 0.320. The number of nitrogens with zero attached hydrogens (tertiary/aromatic N) is 4. The zero-order valence-electron chi connectivity index (χ0n) is 20.0. The molecule has 0 aliphatic carbocycles. The molecular weight excluding hydrogens is 464 g/mol. The highest BCUT2D eigenvalue weighted by Crippen LogP contribution is 2.31. The summed E-state index contributed by atoms with van der Waals surface area (Å²) >= 11 is 1.32. The molecule has 4 aromatic rings. The molecule has 0 radical (unpaired) electrons. The van der Waals surface area contributed by atoms with Crippen LogP contribution in [-0.4, -0.2) is 73.3 Å². The van der Waals surface area contributed by atoms with Crippen molar-refractivity contribution in [3.05, 3.63) is 58.2 Å². The second kappa shape index (κ2) is 9.93. The van der Waals surface area contributed by atoms with Crippen LogP contribution in [0.3, 0.4) is 0 Å². The third-order valence-corrected chi connectivity index (χ3v) is 7.12. The molecule has 1 aliphatic heterocycles. The van der Waals surface area contributed by atoms with Gasteiger partial charge < -0.3 is 29.6 Å². The van der Waals surface area contributed by atoms with E-state index in [0.717, 1.165) is 54.2 Å². The van der Waals surface area contributed by atoms with E-state index < -0.39 is 0 Å². The largest absolute Gasteiger partial charge is 0.496 e. The summed E-state index contributed by atoms with van der Waals surface area (Å²) in [7, 11) is 5.22. The predicted octanol–water partition coefficient (Wildman–Crippen LogP) is 3.90. The van der Waals surface area contributed by atoms with E-state index in [1.165, 1.54) is 18.4 Å². The number of benzene rings is 1. The number of likely N-dealkylation sites (N-methyl/N-ethyl adjacent to an activating group) is 1. The van der Waals surface area contributed by atoms with Crippen molar-refractivity contribution in [3.63, 3.8) is 0 Å². The van der Waals surface area contributed by atoms with Gasteiger partial charge >= 0.3 is 5.97 Å². The molecule has 1 saturated heterocycles. The monoisotopic (exact) mass is 492 g/mol. The summed E-state index contributed by atoms with van der Waals surface area (Å²) in [5, 5.41) is 5.14. The number of anilines is 3. The molecule has 9 nitrogen and oxygen atoms in total. The molecule has 0 unspecified atom stereocenters. The highest BCUT2D eigenvalue weighted by molar-refractivity contribution is 7.12. The normalized spacial score (nSPS) is 14.3. The molecule has 4 heterocycles. The van der Waals surface area contributed by atoms with Crippen LogP contribution in [0.4, 0.5) is 17.2 Å². The molecule has 0 amide bonds. The fourth-order valence-electron chi connectivity index (χ4n) is 4.26. The lowest BCUT2D eigenvalue weighted by molar-refractivity contribution is 0.0607. The van der Waals surface area contributed by atoms with Crippen LogP contribution in [0.5, 0.6) is 5.75 Å². The summed E-state index contributed by atoms with van der Waals surface area (Å²) in [5.41, 5.74) is 4.39. The third kappa shape index (κ3) is 4.80. The first kappa shape index (κ1) is 23.1. The lowest BCUT2D eigenvalue weighted by atomic mass is 10.1. The number of rotatable bonds is 7. The Labute approximate surface area is 207 Å². The van der Waals surface area contributed by atoms with E-state index in [-0.39, 0.29) is 5.97 Å². The van der Waals surface area contributed by atoms with Crippen molar-refractivity contribution < 1.29 is 14.3 Å². The molecule has 1 fully saturated rings. The van der Waals surface area contributed by atoms with Crippen molar-refractivity contribution in [3.8, 4) is 5.75 Å². The predicted molar refractivity (Wildman–Crippen MR) is 138 cm³/mol. The first-order valence-electron chi connectivity index (χ1n) is 11.4. The van der Waals surface area contributed by atoms with Crippen molar-refractivity contribution in [1.29, 1.82) is 0 Å². The number of carbonyl (C=O) groups is 1. The van der Waals surface area contributed by atoms with Crippen LogP contribution in [0.25, 0.3) is 11.0 Å². The zero-order valence-corrected chi connectivity index (χ0v) is 20.8. The summed E-state index contributed by atoms with van der Waals surface area (Å²) in [6.07, 6.45) is 2.34. The van der Waals surface area contributed by atoms with E-state index in [1.807, 2.05) is 23.7 Å². The van der Waals surface area contributed by atoms with Gasteiger partial charge in [0.25, 0.3) is 0 Å². The van der Waals surface area contributed by atoms with E-state index in [0.29, 0.717) is 28.6 Å². The molecule has 182 valence electrons. The van der Waals surface area contributed by atoms with Crippen molar-refractivity contribution in [2.24, 2.45) is 0 Å². The van der Waals surface area contributed by atoms with Crippen molar-refractivity contribution in [2.75, 3.05) is 57.7 Å². The van der Waals surface area contributed by atoms with Crippen LogP contribution in [0, 0.1) is 0 Å². The number of ether oxygens (including phenoxy) is 2. The maximum absolute atomic E-state index is 12.1. The van der Waals surface area contributed by atoms with Crippen LogP contribution >= 0.6 is 11.3 Å². The second-order valence-electron chi connectivity index (χ2n) is 8.47. The van der Waals surface area contributed by atoms with Gasteiger partial charge in [-0.15, -0.1) is 11.3 Å². The van der Waals surface area contributed by atoms with Gasteiger partial charge in [-0.1, -0.05) is 6.07 Å². The Morgan fingerprint density at radius 3 is 2.74 bits per heavy atom. The molecule has 5 rings (SSSR count). The Morgan fingerprint density at radius 2 is 1.97 bits per heavy atom. The van der Waals surface area contributed by atoms with Crippen LogP contribution in [0.2, 0.25) is 0 Å². The molecule has 3 aromatic heterocycles. The maximum atomic E-state index is 12.1. The number of esters is 1. The molecular formula is C25H28N6O3S. The molecule has 0 bridgehead atoms. The van der Waals surface area contributed by atoms with Gasteiger partial charge in [-0.05, 0) is 30.6 Å². The second-order valence-corrected chi connectivity index (χ2v) is 9.39. The van der Waals surface area contributed by atoms with Crippen molar-refractivity contribution in [2.45, 2.75) is 6.42 Å². The number of hydrogen-bond acceptors (Lipinski definition) is 9. The average molecular weight is 493 g/mol. The average Bonchev–Trinajstić information content (AvgIpc) is 3.54.